The van der Waals surface area contributed by atoms with E-state index < -0.39 is 0 Å². The third-order valence-electron chi connectivity index (χ3n) is 2.04. The second-order valence-electron chi connectivity index (χ2n) is 3.36. The van der Waals surface area contributed by atoms with Gasteiger partial charge < -0.3 is 11.1 Å². The van der Waals surface area contributed by atoms with Crippen LogP contribution in [0.5, 0.6) is 0 Å². The monoisotopic (exact) mass is 300 g/mol. The molecule has 1 aromatic heterocycles. The number of benzene rings is 1. The lowest BCUT2D eigenvalue weighted by atomic mass is 10.3. The lowest BCUT2D eigenvalue weighted by Gasteiger charge is -2.05. The Bertz CT molecular complexity index is 524. The second-order valence-corrected chi connectivity index (χ2v) is 4.62. The zero-order valence-electron chi connectivity index (χ0n) is 8.54. The van der Waals surface area contributed by atoms with Gasteiger partial charge in [-0.15, -0.1) is 0 Å². The van der Waals surface area contributed by atoms with E-state index in [0.29, 0.717) is 16.5 Å². The highest BCUT2D eigenvalue weighted by Gasteiger charge is 2.05. The number of rotatable bonds is 2. The Morgan fingerprint density at radius 2 is 2.25 bits per heavy atom. The van der Waals surface area contributed by atoms with Crippen LogP contribution in [0.3, 0.4) is 0 Å². The molecule has 6 heteroatoms. The van der Waals surface area contributed by atoms with Gasteiger partial charge in [-0.25, -0.2) is 0 Å². The maximum Gasteiger partial charge on any atom is 0.175 e. The Labute approximate surface area is 107 Å². The minimum Gasteiger partial charge on any atom is -0.394 e. The molecule has 0 radical (unpaired) electrons. The Balaban J connectivity index is 2.27. The largest absolute Gasteiger partial charge is 0.394 e. The number of aryl methyl sites for hydroxylation is 1. The predicted octanol–water partition coefficient (Wildman–Crippen LogP) is 3.16. The summed E-state index contributed by atoms with van der Waals surface area (Å²) in [5.41, 5.74) is 7.26. The average molecular weight is 302 g/mol. The van der Waals surface area contributed by atoms with Gasteiger partial charge in [0.15, 0.2) is 5.82 Å². The number of hydrogen-bond donors (Lipinski definition) is 2. The topological polar surface area (TPSA) is 55.9 Å². The highest BCUT2D eigenvalue weighted by atomic mass is 79.9. The number of nitrogens with two attached hydrogens (primary N) is 1. The van der Waals surface area contributed by atoms with Crippen LogP contribution in [-0.4, -0.2) is 9.78 Å². The van der Waals surface area contributed by atoms with E-state index in [1.165, 1.54) is 0 Å². The average Bonchev–Trinajstić information content (AvgIpc) is 2.51. The summed E-state index contributed by atoms with van der Waals surface area (Å²) < 4.78 is 2.48. The molecule has 0 aliphatic rings. The van der Waals surface area contributed by atoms with Crippen molar-refractivity contribution in [2.75, 3.05) is 11.1 Å². The molecule has 0 amide bonds. The van der Waals surface area contributed by atoms with Crippen LogP contribution < -0.4 is 11.1 Å². The number of nitrogens with one attached hydrogen (secondary N) is 1. The third kappa shape index (κ3) is 2.31. The van der Waals surface area contributed by atoms with Crippen LogP contribution in [0.4, 0.5) is 17.2 Å². The van der Waals surface area contributed by atoms with Crippen LogP contribution in [0.2, 0.25) is 5.02 Å². The molecule has 84 valence electrons. The maximum absolute atomic E-state index is 5.90. The summed E-state index contributed by atoms with van der Waals surface area (Å²) in [6.45, 7) is 0. The molecule has 0 unspecified atom stereocenters. The van der Waals surface area contributed by atoms with Crippen LogP contribution >= 0.6 is 27.5 Å². The fraction of sp³-hybridized carbons (Fsp3) is 0.100. The molecule has 2 rings (SSSR count). The highest BCUT2D eigenvalue weighted by molar-refractivity contribution is 9.10. The van der Waals surface area contributed by atoms with Crippen LogP contribution in [0, 0.1) is 0 Å². The first-order valence-corrected chi connectivity index (χ1v) is 5.74. The highest BCUT2D eigenvalue weighted by Crippen LogP contribution is 2.28. The van der Waals surface area contributed by atoms with Crippen molar-refractivity contribution in [1.29, 1.82) is 0 Å². The number of hydrogen-bond acceptors (Lipinski definition) is 3. The lowest BCUT2D eigenvalue weighted by molar-refractivity contribution is 0.771. The Hall–Kier alpha value is -1.20. The molecule has 1 heterocycles. The van der Waals surface area contributed by atoms with Gasteiger partial charge in [0.05, 0.1) is 10.7 Å². The molecule has 0 saturated carbocycles. The molecule has 1 aromatic carbocycles. The van der Waals surface area contributed by atoms with Crippen molar-refractivity contribution < 1.29 is 0 Å². The van der Waals surface area contributed by atoms with E-state index in [1.807, 2.05) is 19.2 Å². The van der Waals surface area contributed by atoms with Gasteiger partial charge in [-0.1, -0.05) is 11.6 Å². The van der Waals surface area contributed by atoms with Gasteiger partial charge in [-0.3, -0.25) is 4.68 Å². The smallest absolute Gasteiger partial charge is 0.175 e. The number of anilines is 3. The van der Waals surface area contributed by atoms with E-state index >= 15 is 0 Å². The fourth-order valence-corrected chi connectivity index (χ4v) is 1.81. The second kappa shape index (κ2) is 4.35. The molecule has 0 aliphatic carbocycles. The molecule has 4 nitrogen and oxygen atoms in total. The molecule has 3 N–H and O–H groups in total. The van der Waals surface area contributed by atoms with Crippen molar-refractivity contribution in [1.82, 2.24) is 9.78 Å². The van der Waals surface area contributed by atoms with Crippen LogP contribution in [-0.2, 0) is 7.05 Å². The zero-order chi connectivity index (χ0) is 11.7. The first-order chi connectivity index (χ1) is 7.56. The van der Waals surface area contributed by atoms with Gasteiger partial charge in [0.25, 0.3) is 0 Å². The maximum atomic E-state index is 5.90. The van der Waals surface area contributed by atoms with Crippen molar-refractivity contribution in [3.8, 4) is 0 Å². The number of aromatic nitrogens is 2. The van der Waals surface area contributed by atoms with Crippen molar-refractivity contribution in [3.63, 3.8) is 0 Å². The van der Waals surface area contributed by atoms with Crippen LogP contribution in [0.15, 0.2) is 28.9 Å². The van der Waals surface area contributed by atoms with E-state index in [9.17, 15) is 0 Å². The normalized spacial score (nSPS) is 10.4. The Kier molecular flexibility index (Phi) is 3.07. The summed E-state index contributed by atoms with van der Waals surface area (Å²) in [5, 5.41) is 7.97. The number of halogens is 2. The van der Waals surface area contributed by atoms with Gasteiger partial charge in [0.2, 0.25) is 0 Å². The molecule has 0 atom stereocenters. The summed E-state index contributed by atoms with van der Waals surface area (Å²) in [4.78, 5) is 0. The summed E-state index contributed by atoms with van der Waals surface area (Å²) in [5.74, 6) is 0.636. The minimum absolute atomic E-state index is 0.605. The SMILES string of the molecule is Cn1cc(N)c(Nc2ccc(Cl)c(Br)c2)n1. The van der Waals surface area contributed by atoms with Crippen LogP contribution in [0.1, 0.15) is 0 Å². The molecule has 0 spiro atoms. The predicted molar refractivity (Wildman–Crippen MR) is 70.1 cm³/mol. The molecule has 0 bridgehead atoms. The molecule has 16 heavy (non-hydrogen) atoms. The molecular weight excluding hydrogens is 291 g/mol. The third-order valence-corrected chi connectivity index (χ3v) is 3.25. The zero-order valence-corrected chi connectivity index (χ0v) is 10.9. The first-order valence-electron chi connectivity index (χ1n) is 4.57. The van der Waals surface area contributed by atoms with E-state index in [2.05, 4.69) is 26.3 Å². The summed E-state index contributed by atoms with van der Waals surface area (Å²) >= 11 is 9.25. The van der Waals surface area contributed by atoms with Crippen molar-refractivity contribution in [2.24, 2.45) is 7.05 Å². The van der Waals surface area contributed by atoms with Gasteiger partial charge in [0.1, 0.15) is 0 Å². The van der Waals surface area contributed by atoms with Crippen molar-refractivity contribution >= 4 is 44.7 Å². The Morgan fingerprint density at radius 3 is 2.81 bits per heavy atom. The van der Waals surface area contributed by atoms with E-state index in [1.54, 1.807) is 16.9 Å². The standard InChI is InChI=1S/C10H10BrClN4/c1-16-5-9(13)10(15-16)14-6-2-3-8(12)7(11)4-6/h2-5H,13H2,1H3,(H,14,15). The van der Waals surface area contributed by atoms with Crippen LogP contribution in [0.25, 0.3) is 0 Å². The van der Waals surface area contributed by atoms with Gasteiger partial charge in [-0.05, 0) is 34.1 Å². The number of nitrogens with zero attached hydrogens (tertiary/aromatic N) is 2. The van der Waals surface area contributed by atoms with Gasteiger partial charge in [0, 0.05) is 23.4 Å². The first kappa shape index (κ1) is 11.3. The van der Waals surface area contributed by atoms with Gasteiger partial charge in [-0.2, -0.15) is 5.10 Å². The van der Waals surface area contributed by atoms with E-state index in [0.717, 1.165) is 10.2 Å². The molecular formula is C10H10BrClN4. The minimum atomic E-state index is 0.605. The van der Waals surface area contributed by atoms with E-state index in [-0.39, 0.29) is 0 Å². The summed E-state index contributed by atoms with van der Waals surface area (Å²) in [6.07, 6.45) is 1.74. The van der Waals surface area contributed by atoms with E-state index in [4.69, 9.17) is 17.3 Å². The van der Waals surface area contributed by atoms with Crippen molar-refractivity contribution in [2.45, 2.75) is 0 Å². The summed E-state index contributed by atoms with van der Waals surface area (Å²) in [7, 11) is 1.82. The molecule has 0 fully saturated rings. The molecule has 2 aromatic rings. The fourth-order valence-electron chi connectivity index (χ4n) is 1.31. The van der Waals surface area contributed by atoms with Gasteiger partial charge >= 0.3 is 0 Å². The van der Waals surface area contributed by atoms with Crippen molar-refractivity contribution in [3.05, 3.63) is 33.9 Å². The Morgan fingerprint density at radius 1 is 1.50 bits per heavy atom. The lowest BCUT2D eigenvalue weighted by Crippen LogP contribution is -1.95. The summed E-state index contributed by atoms with van der Waals surface area (Å²) in [6, 6.07) is 5.53. The molecule has 0 saturated heterocycles. The number of nitrogen functional groups attached to an aromatic ring is 1. The molecule has 0 aliphatic heterocycles. The quantitative estimate of drug-likeness (QED) is 0.896.